The molecule has 7 nitrogen and oxygen atoms in total. The Balaban J connectivity index is 2.21. The molecule has 3 N–H and O–H groups in total. The van der Waals surface area contributed by atoms with Gasteiger partial charge in [-0.2, -0.15) is 5.10 Å². The number of benzene rings is 1. The number of aromatic nitrogens is 2. The number of nitrogens with one attached hydrogen (secondary N) is 2. The number of hydrogen-bond donors (Lipinski definition) is 3. The van der Waals surface area contributed by atoms with Gasteiger partial charge in [0.1, 0.15) is 5.69 Å². The highest BCUT2D eigenvalue weighted by atomic mass is 79.9. The number of aromatic carboxylic acids is 1. The summed E-state index contributed by atoms with van der Waals surface area (Å²) in [6, 6.07) is 6.66. The normalized spacial score (nSPS) is 10.1. The van der Waals surface area contributed by atoms with Gasteiger partial charge in [-0.05, 0) is 40.2 Å². The van der Waals surface area contributed by atoms with E-state index in [-0.39, 0.29) is 11.3 Å². The van der Waals surface area contributed by atoms with Gasteiger partial charge in [-0.1, -0.05) is 0 Å². The number of nitrogens with zero attached hydrogens (tertiary/aromatic N) is 1. The standard InChI is InChI=1S/C12H8BrN3O4/c13-7-5-6(12(19)20)1-2-8(7)14-11(18)9-3-4-10(17)16-15-9/h1-5H,(H,14,18)(H,16,17)(H,19,20). The first-order valence-electron chi connectivity index (χ1n) is 5.37. The molecule has 1 amide bonds. The summed E-state index contributed by atoms with van der Waals surface area (Å²) in [5.41, 5.74) is 0.123. The van der Waals surface area contributed by atoms with Gasteiger partial charge in [-0.25, -0.2) is 9.89 Å². The molecule has 20 heavy (non-hydrogen) atoms. The van der Waals surface area contributed by atoms with E-state index in [4.69, 9.17) is 5.11 Å². The summed E-state index contributed by atoms with van der Waals surface area (Å²) >= 11 is 3.17. The lowest BCUT2D eigenvalue weighted by molar-refractivity contribution is 0.0696. The van der Waals surface area contributed by atoms with Gasteiger partial charge >= 0.3 is 5.97 Å². The van der Waals surface area contributed by atoms with Crippen molar-refractivity contribution in [3.05, 3.63) is 56.4 Å². The average Bonchev–Trinajstić information content (AvgIpc) is 2.41. The Labute approximate surface area is 120 Å². The minimum atomic E-state index is -1.06. The number of carbonyl (C=O) groups is 2. The van der Waals surface area contributed by atoms with Crippen LogP contribution in [-0.4, -0.2) is 27.2 Å². The zero-order chi connectivity index (χ0) is 14.7. The predicted molar refractivity (Wildman–Crippen MR) is 73.9 cm³/mol. The van der Waals surface area contributed by atoms with E-state index in [0.29, 0.717) is 10.2 Å². The summed E-state index contributed by atoms with van der Waals surface area (Å²) < 4.78 is 0.426. The number of hydrogen-bond acceptors (Lipinski definition) is 4. The van der Waals surface area contributed by atoms with Gasteiger partial charge in [-0.3, -0.25) is 9.59 Å². The van der Waals surface area contributed by atoms with Crippen LogP contribution in [0.25, 0.3) is 0 Å². The lowest BCUT2D eigenvalue weighted by Crippen LogP contribution is -2.17. The van der Waals surface area contributed by atoms with Crippen molar-refractivity contribution in [2.24, 2.45) is 0 Å². The summed E-state index contributed by atoms with van der Waals surface area (Å²) in [6.45, 7) is 0. The fraction of sp³-hybridized carbons (Fsp3) is 0. The van der Waals surface area contributed by atoms with E-state index < -0.39 is 17.4 Å². The third kappa shape index (κ3) is 3.09. The Morgan fingerprint density at radius 3 is 2.55 bits per heavy atom. The number of carboxylic acid groups (broad SMARTS) is 1. The van der Waals surface area contributed by atoms with Gasteiger partial charge in [0.15, 0.2) is 0 Å². The molecular formula is C12H8BrN3O4. The summed E-state index contributed by atoms with van der Waals surface area (Å²) in [7, 11) is 0. The molecule has 0 fully saturated rings. The van der Waals surface area contributed by atoms with Crippen LogP contribution in [0.1, 0.15) is 20.8 Å². The quantitative estimate of drug-likeness (QED) is 0.785. The van der Waals surface area contributed by atoms with Gasteiger partial charge in [0.05, 0.1) is 11.3 Å². The first kappa shape index (κ1) is 13.9. The molecule has 102 valence electrons. The number of amides is 1. The second kappa shape index (κ2) is 5.66. The molecule has 0 radical (unpaired) electrons. The van der Waals surface area contributed by atoms with Gasteiger partial charge in [0.2, 0.25) is 0 Å². The number of halogens is 1. The Morgan fingerprint density at radius 1 is 1.25 bits per heavy atom. The first-order chi connectivity index (χ1) is 9.47. The summed E-state index contributed by atoms with van der Waals surface area (Å²) in [4.78, 5) is 33.5. The van der Waals surface area contributed by atoms with Crippen molar-refractivity contribution < 1.29 is 14.7 Å². The highest BCUT2D eigenvalue weighted by molar-refractivity contribution is 9.10. The Kier molecular flexibility index (Phi) is 3.94. The molecule has 8 heteroatoms. The van der Waals surface area contributed by atoms with Crippen molar-refractivity contribution in [1.29, 1.82) is 0 Å². The molecule has 0 aliphatic rings. The lowest BCUT2D eigenvalue weighted by Gasteiger charge is -2.07. The van der Waals surface area contributed by atoms with Crippen LogP contribution in [-0.2, 0) is 0 Å². The summed E-state index contributed by atoms with van der Waals surface area (Å²) in [5, 5.41) is 17.1. The van der Waals surface area contributed by atoms with Gasteiger partial charge in [-0.15, -0.1) is 0 Å². The number of rotatable bonds is 3. The number of anilines is 1. The number of carbonyl (C=O) groups excluding carboxylic acids is 1. The topological polar surface area (TPSA) is 112 Å². The lowest BCUT2D eigenvalue weighted by atomic mass is 10.2. The number of carboxylic acids is 1. The van der Waals surface area contributed by atoms with Crippen LogP contribution in [0.5, 0.6) is 0 Å². The molecule has 0 unspecified atom stereocenters. The predicted octanol–water partition coefficient (Wildman–Crippen LogP) is 1.48. The highest BCUT2D eigenvalue weighted by Gasteiger charge is 2.11. The maximum atomic E-state index is 11.9. The second-order valence-electron chi connectivity index (χ2n) is 3.76. The van der Waals surface area contributed by atoms with E-state index in [1.807, 2.05) is 0 Å². The van der Waals surface area contributed by atoms with Crippen LogP contribution >= 0.6 is 15.9 Å². The molecule has 0 aliphatic heterocycles. The molecule has 0 aliphatic carbocycles. The van der Waals surface area contributed by atoms with Crippen molar-refractivity contribution in [3.8, 4) is 0 Å². The molecule has 0 bridgehead atoms. The minimum absolute atomic E-state index is 0.0406. The van der Waals surface area contributed by atoms with E-state index >= 15 is 0 Å². The van der Waals surface area contributed by atoms with Crippen LogP contribution in [0.3, 0.4) is 0 Å². The Morgan fingerprint density at radius 2 is 2.00 bits per heavy atom. The molecule has 0 spiro atoms. The zero-order valence-electron chi connectivity index (χ0n) is 9.88. The van der Waals surface area contributed by atoms with Crippen LogP contribution in [0, 0.1) is 0 Å². The van der Waals surface area contributed by atoms with Crippen LogP contribution in [0.4, 0.5) is 5.69 Å². The molecule has 0 saturated carbocycles. The van der Waals surface area contributed by atoms with E-state index in [9.17, 15) is 14.4 Å². The zero-order valence-corrected chi connectivity index (χ0v) is 11.5. The van der Waals surface area contributed by atoms with Crippen LogP contribution in [0.2, 0.25) is 0 Å². The van der Waals surface area contributed by atoms with Crippen LogP contribution < -0.4 is 10.9 Å². The maximum Gasteiger partial charge on any atom is 0.335 e. The fourth-order valence-corrected chi connectivity index (χ4v) is 1.88. The highest BCUT2D eigenvalue weighted by Crippen LogP contribution is 2.24. The average molecular weight is 338 g/mol. The molecule has 2 rings (SSSR count). The molecule has 2 aromatic rings. The fourth-order valence-electron chi connectivity index (χ4n) is 1.41. The van der Waals surface area contributed by atoms with Gasteiger partial charge in [0.25, 0.3) is 11.5 Å². The van der Waals surface area contributed by atoms with Crippen molar-refractivity contribution in [1.82, 2.24) is 10.2 Å². The molecule has 1 heterocycles. The van der Waals surface area contributed by atoms with Gasteiger partial charge in [0, 0.05) is 10.5 Å². The molecule has 0 saturated heterocycles. The van der Waals surface area contributed by atoms with Crippen molar-refractivity contribution in [3.63, 3.8) is 0 Å². The smallest absolute Gasteiger partial charge is 0.335 e. The largest absolute Gasteiger partial charge is 0.478 e. The summed E-state index contributed by atoms with van der Waals surface area (Å²) in [6.07, 6.45) is 0. The molecule has 1 aromatic carbocycles. The maximum absolute atomic E-state index is 11.9. The van der Waals surface area contributed by atoms with Crippen LogP contribution in [0.15, 0.2) is 39.6 Å². The van der Waals surface area contributed by atoms with E-state index in [1.165, 1.54) is 30.3 Å². The van der Waals surface area contributed by atoms with E-state index in [1.54, 1.807) is 0 Å². The molecule has 1 aromatic heterocycles. The summed E-state index contributed by atoms with van der Waals surface area (Å²) in [5.74, 6) is -1.59. The monoisotopic (exact) mass is 337 g/mol. The molecule has 0 atom stereocenters. The van der Waals surface area contributed by atoms with E-state index in [2.05, 4.69) is 31.4 Å². The van der Waals surface area contributed by atoms with E-state index in [0.717, 1.165) is 0 Å². The van der Waals surface area contributed by atoms with Crippen molar-refractivity contribution >= 4 is 33.5 Å². The van der Waals surface area contributed by atoms with Crippen molar-refractivity contribution in [2.75, 3.05) is 5.32 Å². The number of aromatic amines is 1. The Bertz CT molecular complexity index is 721. The van der Waals surface area contributed by atoms with Crippen molar-refractivity contribution in [2.45, 2.75) is 0 Å². The second-order valence-corrected chi connectivity index (χ2v) is 4.61. The SMILES string of the molecule is O=C(O)c1ccc(NC(=O)c2ccc(=O)[nH]n2)c(Br)c1. The Hall–Kier alpha value is -2.48. The third-order valence-corrected chi connectivity index (χ3v) is 3.03. The molecular weight excluding hydrogens is 330 g/mol. The minimum Gasteiger partial charge on any atom is -0.478 e. The van der Waals surface area contributed by atoms with Gasteiger partial charge < -0.3 is 10.4 Å². The first-order valence-corrected chi connectivity index (χ1v) is 6.16. The number of H-pyrrole nitrogens is 1. The third-order valence-electron chi connectivity index (χ3n) is 2.38.